The fourth-order valence-corrected chi connectivity index (χ4v) is 4.72. The third-order valence-electron chi connectivity index (χ3n) is 6.56. The van der Waals surface area contributed by atoms with Crippen LogP contribution in [0, 0.1) is 6.92 Å². The molecular formula is C26H29N3O4. The lowest BCUT2D eigenvalue weighted by Crippen LogP contribution is -2.45. The Kier molecular flexibility index (Phi) is 5.94. The fraction of sp³-hybridized carbons (Fsp3) is 0.385. The summed E-state index contributed by atoms with van der Waals surface area (Å²) in [5.41, 5.74) is 3.17. The number of benzene rings is 2. The highest BCUT2D eigenvalue weighted by Crippen LogP contribution is 2.33. The molecule has 0 spiro atoms. The summed E-state index contributed by atoms with van der Waals surface area (Å²) in [6, 6.07) is 13.5. The van der Waals surface area contributed by atoms with E-state index in [0.29, 0.717) is 23.6 Å². The smallest absolute Gasteiger partial charge is 0.318 e. The molecule has 1 aliphatic carbocycles. The average Bonchev–Trinajstić information content (AvgIpc) is 3.28. The molecule has 5 rings (SSSR count). The SMILES string of the molecule is Cc1cccc2cc(CN(Cc3ccc4c(c3)OCO4)C(=O)NC3CCCCC3)c(=O)[nH]c12. The van der Waals surface area contributed by atoms with Crippen molar-refractivity contribution in [3.05, 3.63) is 69.5 Å². The van der Waals surface area contributed by atoms with Gasteiger partial charge in [0, 0.05) is 18.2 Å². The van der Waals surface area contributed by atoms with Crippen molar-refractivity contribution in [1.29, 1.82) is 0 Å². The lowest BCUT2D eigenvalue weighted by Gasteiger charge is -2.28. The minimum Gasteiger partial charge on any atom is -0.454 e. The second kappa shape index (κ2) is 9.17. The molecule has 0 atom stereocenters. The second-order valence-electron chi connectivity index (χ2n) is 8.99. The van der Waals surface area contributed by atoms with Crippen LogP contribution in [0.4, 0.5) is 4.79 Å². The third-order valence-corrected chi connectivity index (χ3v) is 6.56. The standard InChI is InChI=1S/C26H29N3O4/c1-17-6-5-7-19-13-20(25(30)28-24(17)19)15-29(26(31)27-21-8-3-2-4-9-21)14-18-10-11-22-23(12-18)33-16-32-22/h5-7,10-13,21H,2-4,8-9,14-16H2,1H3,(H,27,31)(H,28,30). The number of hydrogen-bond donors (Lipinski definition) is 2. The van der Waals surface area contributed by atoms with Gasteiger partial charge >= 0.3 is 6.03 Å². The number of fused-ring (bicyclic) bond motifs is 2. The first-order chi connectivity index (χ1) is 16.1. The monoisotopic (exact) mass is 447 g/mol. The van der Waals surface area contributed by atoms with E-state index in [1.807, 2.05) is 49.4 Å². The van der Waals surface area contributed by atoms with Gasteiger partial charge in [0.25, 0.3) is 5.56 Å². The average molecular weight is 448 g/mol. The van der Waals surface area contributed by atoms with Crippen LogP contribution in [0.25, 0.3) is 10.9 Å². The number of H-pyrrole nitrogens is 1. The minimum absolute atomic E-state index is 0.150. The molecule has 2 N–H and O–H groups in total. The number of amides is 2. The molecule has 33 heavy (non-hydrogen) atoms. The summed E-state index contributed by atoms with van der Waals surface area (Å²) in [5.74, 6) is 1.39. The number of pyridine rings is 1. The molecule has 0 unspecified atom stereocenters. The van der Waals surface area contributed by atoms with E-state index in [0.717, 1.165) is 47.7 Å². The summed E-state index contributed by atoms with van der Waals surface area (Å²) in [7, 11) is 0. The van der Waals surface area contributed by atoms with Gasteiger partial charge in [0.05, 0.1) is 12.1 Å². The number of aryl methyl sites for hydroxylation is 1. The maximum Gasteiger partial charge on any atom is 0.318 e. The van der Waals surface area contributed by atoms with Crippen LogP contribution in [-0.4, -0.2) is 28.7 Å². The van der Waals surface area contributed by atoms with Crippen molar-refractivity contribution in [2.75, 3.05) is 6.79 Å². The number of carbonyl (C=O) groups excluding carboxylic acids is 1. The summed E-state index contributed by atoms with van der Waals surface area (Å²) in [4.78, 5) is 30.9. The molecule has 2 heterocycles. The van der Waals surface area contributed by atoms with Crippen molar-refractivity contribution in [2.45, 2.75) is 58.2 Å². The van der Waals surface area contributed by atoms with Gasteiger partial charge in [-0.2, -0.15) is 0 Å². The fourth-order valence-electron chi connectivity index (χ4n) is 4.72. The topological polar surface area (TPSA) is 83.7 Å². The summed E-state index contributed by atoms with van der Waals surface area (Å²) in [6.07, 6.45) is 5.49. The van der Waals surface area contributed by atoms with Crippen LogP contribution in [0.5, 0.6) is 11.5 Å². The largest absolute Gasteiger partial charge is 0.454 e. The molecule has 0 radical (unpaired) electrons. The number of aromatic amines is 1. The lowest BCUT2D eigenvalue weighted by atomic mass is 9.96. The van der Waals surface area contributed by atoms with Crippen molar-refractivity contribution >= 4 is 16.9 Å². The molecule has 2 aromatic carbocycles. The molecule has 1 saturated carbocycles. The molecule has 1 aliphatic heterocycles. The second-order valence-corrected chi connectivity index (χ2v) is 8.99. The molecule has 7 heteroatoms. The number of nitrogens with zero attached hydrogens (tertiary/aromatic N) is 1. The number of rotatable bonds is 5. The molecule has 0 saturated heterocycles. The molecule has 172 valence electrons. The van der Waals surface area contributed by atoms with Crippen LogP contribution >= 0.6 is 0 Å². The highest BCUT2D eigenvalue weighted by atomic mass is 16.7. The van der Waals surface area contributed by atoms with Crippen molar-refractivity contribution in [1.82, 2.24) is 15.2 Å². The number of urea groups is 1. The highest BCUT2D eigenvalue weighted by Gasteiger charge is 2.22. The molecule has 2 amide bonds. The van der Waals surface area contributed by atoms with E-state index in [-0.39, 0.29) is 31.0 Å². The van der Waals surface area contributed by atoms with E-state index in [4.69, 9.17) is 9.47 Å². The van der Waals surface area contributed by atoms with Crippen molar-refractivity contribution in [3.63, 3.8) is 0 Å². The molecule has 2 aliphatic rings. The van der Waals surface area contributed by atoms with Gasteiger partial charge in [0.1, 0.15) is 0 Å². The van der Waals surface area contributed by atoms with E-state index in [1.165, 1.54) is 6.42 Å². The zero-order valence-corrected chi connectivity index (χ0v) is 18.9. The van der Waals surface area contributed by atoms with Crippen LogP contribution < -0.4 is 20.3 Å². The number of nitrogens with one attached hydrogen (secondary N) is 2. The number of hydrogen-bond acceptors (Lipinski definition) is 4. The predicted molar refractivity (Wildman–Crippen MR) is 127 cm³/mol. The Morgan fingerprint density at radius 2 is 1.88 bits per heavy atom. The number of aromatic nitrogens is 1. The predicted octanol–water partition coefficient (Wildman–Crippen LogP) is 4.61. The van der Waals surface area contributed by atoms with Crippen LogP contribution in [0.1, 0.15) is 48.8 Å². The first-order valence-electron chi connectivity index (χ1n) is 11.6. The van der Waals surface area contributed by atoms with Gasteiger partial charge in [-0.1, -0.05) is 43.5 Å². The van der Waals surface area contributed by atoms with Crippen LogP contribution in [-0.2, 0) is 13.1 Å². The Bertz CT molecular complexity index is 1230. The normalized spacial score (nSPS) is 15.5. The Morgan fingerprint density at radius 3 is 2.73 bits per heavy atom. The molecule has 1 fully saturated rings. The van der Waals surface area contributed by atoms with E-state index in [1.54, 1.807) is 4.90 Å². The molecular weight excluding hydrogens is 418 g/mol. The molecule has 3 aromatic rings. The van der Waals surface area contributed by atoms with Gasteiger partial charge in [0.2, 0.25) is 6.79 Å². The summed E-state index contributed by atoms with van der Waals surface area (Å²) < 4.78 is 10.9. The minimum atomic E-state index is -0.169. The van der Waals surface area contributed by atoms with Gasteiger partial charge < -0.3 is 24.7 Å². The summed E-state index contributed by atoms with van der Waals surface area (Å²) >= 11 is 0. The Morgan fingerprint density at radius 1 is 1.06 bits per heavy atom. The van der Waals surface area contributed by atoms with Crippen LogP contribution in [0.2, 0.25) is 0 Å². The maximum absolute atomic E-state index is 13.3. The summed E-state index contributed by atoms with van der Waals surface area (Å²) in [5, 5.41) is 4.15. The quantitative estimate of drug-likeness (QED) is 0.598. The van der Waals surface area contributed by atoms with E-state index >= 15 is 0 Å². The number of ether oxygens (including phenoxy) is 2. The Balaban J connectivity index is 1.42. The van der Waals surface area contributed by atoms with E-state index in [2.05, 4.69) is 10.3 Å². The van der Waals surface area contributed by atoms with Gasteiger partial charge in [0.15, 0.2) is 11.5 Å². The molecule has 1 aromatic heterocycles. The Labute approximate surface area is 192 Å². The van der Waals surface area contributed by atoms with Crippen molar-refractivity contribution in [3.8, 4) is 11.5 Å². The summed E-state index contributed by atoms with van der Waals surface area (Å²) in [6.45, 7) is 2.75. The van der Waals surface area contributed by atoms with Crippen molar-refractivity contribution < 1.29 is 14.3 Å². The number of para-hydroxylation sites is 1. The van der Waals surface area contributed by atoms with E-state index < -0.39 is 0 Å². The molecule has 0 bridgehead atoms. The maximum atomic E-state index is 13.3. The van der Waals surface area contributed by atoms with Crippen LogP contribution in [0.15, 0.2) is 47.3 Å². The molecule has 7 nitrogen and oxygen atoms in total. The first-order valence-corrected chi connectivity index (χ1v) is 11.6. The highest BCUT2D eigenvalue weighted by molar-refractivity contribution is 5.82. The Hall–Kier alpha value is -3.48. The first kappa shape index (κ1) is 21.4. The van der Waals surface area contributed by atoms with Crippen LogP contribution in [0.3, 0.4) is 0 Å². The van der Waals surface area contributed by atoms with Gasteiger partial charge in [-0.15, -0.1) is 0 Å². The van der Waals surface area contributed by atoms with Gasteiger partial charge in [-0.3, -0.25) is 4.79 Å². The number of carbonyl (C=O) groups is 1. The third kappa shape index (κ3) is 4.67. The zero-order valence-electron chi connectivity index (χ0n) is 18.9. The lowest BCUT2D eigenvalue weighted by molar-refractivity contribution is 0.173. The van der Waals surface area contributed by atoms with E-state index in [9.17, 15) is 9.59 Å². The van der Waals surface area contributed by atoms with Gasteiger partial charge in [-0.05, 0) is 54.5 Å². The zero-order chi connectivity index (χ0) is 22.8. The van der Waals surface area contributed by atoms with Crippen molar-refractivity contribution in [2.24, 2.45) is 0 Å². The van der Waals surface area contributed by atoms with Gasteiger partial charge in [-0.25, -0.2) is 4.79 Å².